The predicted octanol–water partition coefficient (Wildman–Crippen LogP) is 4.87. The molecule has 0 fully saturated rings. The highest BCUT2D eigenvalue weighted by atomic mass is 19.4. The summed E-state index contributed by atoms with van der Waals surface area (Å²) < 4.78 is 56.4. The molecule has 158 valence electrons. The smallest absolute Gasteiger partial charge is 0.434 e. The number of aromatic nitrogens is 3. The van der Waals surface area contributed by atoms with Crippen molar-refractivity contribution in [3.05, 3.63) is 82.2 Å². The molecule has 2 aromatic carbocycles. The number of aryl methyl sites for hydroxylation is 1. The Balaban J connectivity index is 2.27. The summed E-state index contributed by atoms with van der Waals surface area (Å²) in [6.45, 7) is 1.69. The Morgan fingerprint density at radius 1 is 1.06 bits per heavy atom. The molecule has 0 aliphatic rings. The fourth-order valence-corrected chi connectivity index (χ4v) is 3.41. The highest BCUT2D eigenvalue weighted by Crippen LogP contribution is 2.35. The number of para-hydroxylation sites is 2. The molecule has 4 rings (SSSR count). The van der Waals surface area contributed by atoms with Crippen LogP contribution >= 0.6 is 0 Å². The number of nitrogens with zero attached hydrogens (tertiary/aromatic N) is 3. The van der Waals surface area contributed by atoms with E-state index < -0.39 is 28.6 Å². The number of aromatic hydroxyl groups is 1. The first kappa shape index (κ1) is 20.5. The van der Waals surface area contributed by atoms with E-state index in [1.807, 2.05) is 0 Å². The minimum absolute atomic E-state index is 0.0668. The SMILES string of the molecule is CCc1cnc(C(F)(F)F)c2c(=O)n(-c3ccccc3F)c(-c3ccccc3O)nc12. The quantitative estimate of drug-likeness (QED) is 0.472. The topological polar surface area (TPSA) is 68.0 Å². The second-order valence-corrected chi connectivity index (χ2v) is 6.75. The number of halogens is 4. The number of rotatable bonds is 3. The minimum atomic E-state index is -4.92. The van der Waals surface area contributed by atoms with Crippen LogP contribution in [-0.2, 0) is 12.6 Å². The van der Waals surface area contributed by atoms with Gasteiger partial charge in [0, 0.05) is 6.20 Å². The summed E-state index contributed by atoms with van der Waals surface area (Å²) in [7, 11) is 0. The van der Waals surface area contributed by atoms with Gasteiger partial charge >= 0.3 is 6.18 Å². The van der Waals surface area contributed by atoms with Crippen molar-refractivity contribution in [2.75, 3.05) is 0 Å². The van der Waals surface area contributed by atoms with Gasteiger partial charge in [-0.05, 0) is 36.2 Å². The number of benzene rings is 2. The molecule has 9 heteroatoms. The standard InChI is InChI=1S/C22H15F4N3O2/c1-2-12-11-27-19(22(24,25)26)17-18(12)28-20(13-7-3-6-10-16(13)30)29(21(17)31)15-9-5-4-8-14(15)23/h3-11,30H,2H2,1H3. The first-order valence-corrected chi connectivity index (χ1v) is 9.29. The van der Waals surface area contributed by atoms with Gasteiger partial charge in [-0.1, -0.05) is 31.2 Å². The third kappa shape index (κ3) is 3.41. The van der Waals surface area contributed by atoms with E-state index in [9.17, 15) is 27.5 Å². The molecule has 0 unspecified atom stereocenters. The molecule has 0 amide bonds. The van der Waals surface area contributed by atoms with Gasteiger partial charge < -0.3 is 5.11 Å². The summed E-state index contributed by atoms with van der Waals surface area (Å²) in [5.41, 5.74) is -2.64. The Hall–Kier alpha value is -3.75. The van der Waals surface area contributed by atoms with Crippen LogP contribution in [0.15, 0.2) is 59.5 Å². The van der Waals surface area contributed by atoms with Crippen molar-refractivity contribution in [2.24, 2.45) is 0 Å². The zero-order valence-electron chi connectivity index (χ0n) is 16.1. The van der Waals surface area contributed by atoms with E-state index in [0.29, 0.717) is 5.56 Å². The highest BCUT2D eigenvalue weighted by Gasteiger charge is 2.37. The largest absolute Gasteiger partial charge is 0.507 e. The number of hydrogen-bond donors (Lipinski definition) is 1. The van der Waals surface area contributed by atoms with Crippen molar-refractivity contribution in [3.8, 4) is 22.8 Å². The first-order chi connectivity index (χ1) is 14.7. The van der Waals surface area contributed by atoms with Gasteiger partial charge in [-0.15, -0.1) is 0 Å². The maximum absolute atomic E-state index is 14.6. The van der Waals surface area contributed by atoms with Crippen LogP contribution in [0.5, 0.6) is 5.75 Å². The van der Waals surface area contributed by atoms with Crippen LogP contribution < -0.4 is 5.56 Å². The van der Waals surface area contributed by atoms with Crippen molar-refractivity contribution >= 4 is 10.9 Å². The molecule has 0 saturated heterocycles. The Morgan fingerprint density at radius 3 is 2.39 bits per heavy atom. The fraction of sp³-hybridized carbons (Fsp3) is 0.136. The van der Waals surface area contributed by atoms with Gasteiger partial charge in [0.1, 0.15) is 11.6 Å². The molecule has 2 aromatic heterocycles. The van der Waals surface area contributed by atoms with Crippen LogP contribution in [-0.4, -0.2) is 19.6 Å². The van der Waals surface area contributed by atoms with Gasteiger partial charge in [-0.3, -0.25) is 14.3 Å². The predicted molar refractivity (Wildman–Crippen MR) is 107 cm³/mol. The average molecular weight is 429 g/mol. The number of hydrogen-bond acceptors (Lipinski definition) is 4. The summed E-state index contributed by atoms with van der Waals surface area (Å²) in [5.74, 6) is -1.28. The van der Waals surface area contributed by atoms with Gasteiger partial charge in [0.2, 0.25) is 0 Å². The summed E-state index contributed by atoms with van der Waals surface area (Å²) >= 11 is 0. The lowest BCUT2D eigenvalue weighted by Gasteiger charge is -2.18. The van der Waals surface area contributed by atoms with Gasteiger partial charge in [-0.2, -0.15) is 13.2 Å². The third-order valence-corrected chi connectivity index (χ3v) is 4.86. The third-order valence-electron chi connectivity index (χ3n) is 4.86. The molecule has 0 aliphatic heterocycles. The van der Waals surface area contributed by atoms with Crippen LogP contribution in [0.1, 0.15) is 18.2 Å². The van der Waals surface area contributed by atoms with E-state index in [4.69, 9.17) is 0 Å². The molecular formula is C22H15F4N3O2. The van der Waals surface area contributed by atoms with Crippen LogP contribution in [0, 0.1) is 5.82 Å². The molecule has 0 aliphatic carbocycles. The maximum atomic E-state index is 14.6. The lowest BCUT2D eigenvalue weighted by Crippen LogP contribution is -2.26. The van der Waals surface area contributed by atoms with E-state index in [1.165, 1.54) is 36.4 Å². The van der Waals surface area contributed by atoms with Crippen molar-refractivity contribution in [1.29, 1.82) is 0 Å². The summed E-state index contributed by atoms with van der Waals surface area (Å²) in [6.07, 6.45) is -3.63. The van der Waals surface area contributed by atoms with Crippen LogP contribution in [0.4, 0.5) is 17.6 Å². The maximum Gasteiger partial charge on any atom is 0.434 e. The molecule has 0 bridgehead atoms. The Kier molecular flexibility index (Phi) is 4.96. The fourth-order valence-electron chi connectivity index (χ4n) is 3.41. The van der Waals surface area contributed by atoms with Gasteiger partial charge in [0.25, 0.3) is 5.56 Å². The second kappa shape index (κ2) is 7.50. The van der Waals surface area contributed by atoms with Crippen LogP contribution in [0.25, 0.3) is 28.0 Å². The minimum Gasteiger partial charge on any atom is -0.507 e. The lowest BCUT2D eigenvalue weighted by molar-refractivity contribution is -0.139. The number of alkyl halides is 3. The Morgan fingerprint density at radius 2 is 1.74 bits per heavy atom. The van der Waals surface area contributed by atoms with E-state index in [2.05, 4.69) is 9.97 Å². The number of phenolic OH excluding ortho intramolecular Hbond substituents is 1. The van der Waals surface area contributed by atoms with Crippen LogP contribution in [0.3, 0.4) is 0 Å². The van der Waals surface area contributed by atoms with Gasteiger partial charge in [-0.25, -0.2) is 9.37 Å². The van der Waals surface area contributed by atoms with E-state index in [0.717, 1.165) is 16.8 Å². The molecule has 0 spiro atoms. The van der Waals surface area contributed by atoms with E-state index in [1.54, 1.807) is 13.0 Å². The molecule has 0 saturated carbocycles. The first-order valence-electron chi connectivity index (χ1n) is 9.29. The van der Waals surface area contributed by atoms with Crippen molar-refractivity contribution in [2.45, 2.75) is 19.5 Å². The van der Waals surface area contributed by atoms with E-state index in [-0.39, 0.29) is 34.8 Å². The Bertz CT molecular complexity index is 1360. The monoisotopic (exact) mass is 429 g/mol. The van der Waals surface area contributed by atoms with Crippen molar-refractivity contribution in [3.63, 3.8) is 0 Å². The highest BCUT2D eigenvalue weighted by molar-refractivity contribution is 5.86. The van der Waals surface area contributed by atoms with Crippen molar-refractivity contribution < 1.29 is 22.7 Å². The molecule has 2 heterocycles. The van der Waals surface area contributed by atoms with Crippen LogP contribution in [0.2, 0.25) is 0 Å². The van der Waals surface area contributed by atoms with E-state index >= 15 is 0 Å². The van der Waals surface area contributed by atoms with Gasteiger partial charge in [0.05, 0.1) is 22.2 Å². The number of pyridine rings is 1. The molecular weight excluding hydrogens is 414 g/mol. The normalized spacial score (nSPS) is 11.8. The van der Waals surface area contributed by atoms with Gasteiger partial charge in [0.15, 0.2) is 11.5 Å². The zero-order chi connectivity index (χ0) is 22.3. The molecule has 31 heavy (non-hydrogen) atoms. The lowest BCUT2D eigenvalue weighted by atomic mass is 10.1. The Labute approximate surface area is 173 Å². The average Bonchev–Trinajstić information content (AvgIpc) is 2.73. The molecule has 4 aromatic rings. The molecule has 0 radical (unpaired) electrons. The summed E-state index contributed by atoms with van der Waals surface area (Å²) in [6, 6.07) is 11.0. The second-order valence-electron chi connectivity index (χ2n) is 6.75. The molecule has 0 atom stereocenters. The summed E-state index contributed by atoms with van der Waals surface area (Å²) in [5, 5.41) is 9.58. The number of fused-ring (bicyclic) bond motifs is 1. The zero-order valence-corrected chi connectivity index (χ0v) is 16.1. The molecule has 5 nitrogen and oxygen atoms in total. The van der Waals surface area contributed by atoms with Crippen molar-refractivity contribution in [1.82, 2.24) is 14.5 Å². The summed E-state index contributed by atoms with van der Waals surface area (Å²) in [4.78, 5) is 21.2. The molecule has 1 N–H and O–H groups in total. The number of phenols is 1.